The summed E-state index contributed by atoms with van der Waals surface area (Å²) in [5.74, 6) is 0.0133. The fraction of sp³-hybridized carbons (Fsp3) is 0.381. The molecule has 1 aliphatic heterocycles. The van der Waals surface area contributed by atoms with Crippen molar-refractivity contribution >= 4 is 28.7 Å². The van der Waals surface area contributed by atoms with Gasteiger partial charge in [0.25, 0.3) is 5.91 Å². The summed E-state index contributed by atoms with van der Waals surface area (Å²) in [5.41, 5.74) is -0.694. The molecule has 3 amide bonds. The molecule has 2 aromatic carbocycles. The van der Waals surface area contributed by atoms with Crippen LogP contribution in [-0.2, 0) is 9.59 Å². The van der Waals surface area contributed by atoms with E-state index in [1.54, 1.807) is 6.07 Å². The average Bonchev–Trinajstić information content (AvgIpc) is 3.22. The fourth-order valence-corrected chi connectivity index (χ4v) is 4.04. The lowest BCUT2D eigenvalue weighted by Crippen LogP contribution is -2.44. The number of carbonyl (C=O) groups is 3. The summed E-state index contributed by atoms with van der Waals surface area (Å²) < 4.78 is 5.50. The van der Waals surface area contributed by atoms with E-state index in [0.29, 0.717) is 25.0 Å². The average molecular weight is 366 g/mol. The topological polar surface area (TPSA) is 75.7 Å². The predicted molar refractivity (Wildman–Crippen MR) is 100 cm³/mol. The van der Waals surface area contributed by atoms with E-state index in [9.17, 15) is 14.4 Å². The van der Waals surface area contributed by atoms with Crippen molar-refractivity contribution in [1.29, 1.82) is 0 Å². The van der Waals surface area contributed by atoms with Gasteiger partial charge in [-0.25, -0.2) is 4.79 Å². The van der Waals surface area contributed by atoms with Crippen LogP contribution in [0.15, 0.2) is 42.5 Å². The molecule has 4 rings (SSSR count). The van der Waals surface area contributed by atoms with Crippen LogP contribution in [0, 0.1) is 0 Å². The Morgan fingerprint density at radius 3 is 2.63 bits per heavy atom. The van der Waals surface area contributed by atoms with E-state index in [-0.39, 0.29) is 30.9 Å². The van der Waals surface area contributed by atoms with E-state index in [1.165, 1.54) is 4.90 Å². The van der Waals surface area contributed by atoms with Gasteiger partial charge in [0.05, 0.1) is 0 Å². The van der Waals surface area contributed by atoms with Crippen molar-refractivity contribution in [1.82, 2.24) is 10.2 Å². The smallest absolute Gasteiger partial charge is 0.325 e. The van der Waals surface area contributed by atoms with Gasteiger partial charge >= 0.3 is 12.0 Å². The van der Waals surface area contributed by atoms with Crippen LogP contribution >= 0.6 is 0 Å². The van der Waals surface area contributed by atoms with E-state index >= 15 is 0 Å². The molecular weight excluding hydrogens is 344 g/mol. The zero-order chi connectivity index (χ0) is 18.9. The molecule has 1 N–H and O–H groups in total. The lowest BCUT2D eigenvalue weighted by molar-refractivity contribution is -0.135. The van der Waals surface area contributed by atoms with Crippen molar-refractivity contribution in [2.45, 2.75) is 44.1 Å². The van der Waals surface area contributed by atoms with E-state index in [0.717, 1.165) is 23.6 Å². The molecular formula is C21H22N2O4. The molecule has 1 heterocycles. The highest BCUT2D eigenvalue weighted by molar-refractivity contribution is 6.07. The molecule has 6 heteroatoms. The second kappa shape index (κ2) is 7.02. The number of rotatable bonds is 5. The SMILES string of the molecule is O=C(CCCN1C(=O)NC2(CCCC2)C1=O)Oc1cccc2ccccc12. The molecule has 2 fully saturated rings. The molecule has 1 aliphatic carbocycles. The largest absolute Gasteiger partial charge is 0.426 e. The molecule has 1 saturated heterocycles. The Morgan fingerprint density at radius 2 is 1.81 bits per heavy atom. The second-order valence-electron chi connectivity index (χ2n) is 7.23. The Morgan fingerprint density at radius 1 is 1.07 bits per heavy atom. The molecule has 0 unspecified atom stereocenters. The molecule has 27 heavy (non-hydrogen) atoms. The molecule has 0 aromatic heterocycles. The Balaban J connectivity index is 1.33. The third-order valence-corrected chi connectivity index (χ3v) is 5.44. The van der Waals surface area contributed by atoms with Crippen LogP contribution in [0.5, 0.6) is 5.75 Å². The molecule has 2 aromatic rings. The van der Waals surface area contributed by atoms with E-state index in [2.05, 4.69) is 5.32 Å². The van der Waals surface area contributed by atoms with Crippen LogP contribution in [-0.4, -0.2) is 34.9 Å². The standard InChI is InChI=1S/C21H22N2O4/c24-18(27-17-10-5-8-15-7-1-2-9-16(15)17)11-6-14-23-19(25)21(22-20(23)26)12-3-4-13-21/h1-2,5,7-10H,3-4,6,11-14H2,(H,22,26). The Kier molecular flexibility index (Phi) is 4.56. The van der Waals surface area contributed by atoms with Crippen molar-refractivity contribution in [2.75, 3.05) is 6.54 Å². The lowest BCUT2D eigenvalue weighted by atomic mass is 9.98. The van der Waals surface area contributed by atoms with Crippen molar-refractivity contribution in [2.24, 2.45) is 0 Å². The first-order valence-corrected chi connectivity index (χ1v) is 9.42. The summed E-state index contributed by atoms with van der Waals surface area (Å²) in [5, 5.41) is 4.73. The highest BCUT2D eigenvalue weighted by atomic mass is 16.5. The summed E-state index contributed by atoms with van der Waals surface area (Å²) in [4.78, 5) is 38.2. The first-order valence-electron chi connectivity index (χ1n) is 9.42. The number of amides is 3. The zero-order valence-corrected chi connectivity index (χ0v) is 15.1. The normalized spacial score (nSPS) is 18.3. The Labute approximate surface area is 157 Å². The van der Waals surface area contributed by atoms with Gasteiger partial charge in [-0.05, 0) is 30.7 Å². The Hall–Kier alpha value is -2.89. The van der Waals surface area contributed by atoms with Gasteiger partial charge in [0.2, 0.25) is 0 Å². The molecule has 1 spiro atoms. The van der Waals surface area contributed by atoms with E-state index in [4.69, 9.17) is 4.74 Å². The molecule has 0 atom stereocenters. The predicted octanol–water partition coefficient (Wildman–Crippen LogP) is 3.39. The highest BCUT2D eigenvalue weighted by Gasteiger charge is 2.52. The first kappa shape index (κ1) is 17.5. The molecule has 140 valence electrons. The Bertz CT molecular complexity index is 897. The molecule has 6 nitrogen and oxygen atoms in total. The van der Waals surface area contributed by atoms with Crippen molar-refractivity contribution < 1.29 is 19.1 Å². The third-order valence-electron chi connectivity index (χ3n) is 5.44. The molecule has 2 aliphatic rings. The minimum atomic E-state index is -0.694. The number of nitrogens with zero attached hydrogens (tertiary/aromatic N) is 1. The third kappa shape index (κ3) is 3.27. The molecule has 1 saturated carbocycles. The number of urea groups is 1. The van der Waals surface area contributed by atoms with Gasteiger partial charge in [-0.1, -0.05) is 49.2 Å². The minimum absolute atomic E-state index is 0.146. The van der Waals surface area contributed by atoms with Crippen LogP contribution in [0.3, 0.4) is 0 Å². The monoisotopic (exact) mass is 366 g/mol. The number of hydrogen-bond acceptors (Lipinski definition) is 4. The number of hydrogen-bond donors (Lipinski definition) is 1. The number of nitrogens with one attached hydrogen (secondary N) is 1. The van der Waals surface area contributed by atoms with Gasteiger partial charge in [-0.3, -0.25) is 14.5 Å². The zero-order valence-electron chi connectivity index (χ0n) is 15.1. The van der Waals surface area contributed by atoms with Crippen LogP contribution in [0.25, 0.3) is 10.8 Å². The minimum Gasteiger partial charge on any atom is -0.426 e. The fourth-order valence-electron chi connectivity index (χ4n) is 4.04. The first-order chi connectivity index (χ1) is 13.1. The van der Waals surface area contributed by atoms with Crippen molar-refractivity contribution in [3.8, 4) is 5.75 Å². The summed E-state index contributed by atoms with van der Waals surface area (Å²) in [7, 11) is 0. The quantitative estimate of drug-likeness (QED) is 0.500. The maximum absolute atomic E-state index is 12.6. The van der Waals surface area contributed by atoms with Gasteiger partial charge in [0.1, 0.15) is 11.3 Å². The van der Waals surface area contributed by atoms with E-state index in [1.807, 2.05) is 36.4 Å². The van der Waals surface area contributed by atoms with Gasteiger partial charge in [0.15, 0.2) is 0 Å². The second-order valence-corrected chi connectivity index (χ2v) is 7.23. The van der Waals surface area contributed by atoms with Crippen LogP contribution in [0.4, 0.5) is 4.79 Å². The molecule has 0 bridgehead atoms. The van der Waals surface area contributed by atoms with Crippen molar-refractivity contribution in [3.63, 3.8) is 0 Å². The van der Waals surface area contributed by atoms with Gasteiger partial charge < -0.3 is 10.1 Å². The summed E-state index contributed by atoms with van der Waals surface area (Å²) >= 11 is 0. The number of benzene rings is 2. The van der Waals surface area contributed by atoms with Gasteiger partial charge in [-0.2, -0.15) is 0 Å². The summed E-state index contributed by atoms with van der Waals surface area (Å²) in [6.07, 6.45) is 3.86. The van der Waals surface area contributed by atoms with E-state index < -0.39 is 5.54 Å². The molecule has 0 radical (unpaired) electrons. The highest BCUT2D eigenvalue weighted by Crippen LogP contribution is 2.35. The number of imide groups is 1. The number of fused-ring (bicyclic) bond motifs is 1. The van der Waals surface area contributed by atoms with Crippen LogP contribution in [0.1, 0.15) is 38.5 Å². The maximum atomic E-state index is 12.6. The summed E-state index contributed by atoms with van der Waals surface area (Å²) in [6.45, 7) is 0.233. The van der Waals surface area contributed by atoms with Crippen LogP contribution in [0.2, 0.25) is 0 Å². The number of ether oxygens (including phenoxy) is 1. The van der Waals surface area contributed by atoms with Gasteiger partial charge in [0, 0.05) is 18.4 Å². The lowest BCUT2D eigenvalue weighted by Gasteiger charge is -2.19. The number of esters is 1. The van der Waals surface area contributed by atoms with Crippen LogP contribution < -0.4 is 10.1 Å². The summed E-state index contributed by atoms with van der Waals surface area (Å²) in [6, 6.07) is 12.9. The maximum Gasteiger partial charge on any atom is 0.325 e. The van der Waals surface area contributed by atoms with Crippen molar-refractivity contribution in [3.05, 3.63) is 42.5 Å². The van der Waals surface area contributed by atoms with Gasteiger partial charge in [-0.15, -0.1) is 0 Å². The number of carbonyl (C=O) groups excluding carboxylic acids is 3.